The quantitative estimate of drug-likeness (QED) is 0.322. The molecule has 3 aromatic rings. The van der Waals surface area contributed by atoms with Crippen molar-refractivity contribution in [2.75, 3.05) is 5.32 Å². The van der Waals surface area contributed by atoms with E-state index < -0.39 is 12.3 Å². The number of carbonyl (C=O) groups is 1. The van der Waals surface area contributed by atoms with Crippen LogP contribution in [0.1, 0.15) is 96.1 Å². The van der Waals surface area contributed by atoms with Gasteiger partial charge in [-0.3, -0.25) is 10.3 Å². The van der Waals surface area contributed by atoms with Crippen LogP contribution in [0.3, 0.4) is 0 Å². The molecule has 0 aromatic carbocycles. The predicted molar refractivity (Wildman–Crippen MR) is 150 cm³/mol. The lowest BCUT2D eigenvalue weighted by Gasteiger charge is -2.32. The minimum Gasteiger partial charge on any atom is -0.365 e. The molecule has 3 aliphatic rings. The molecule has 4 atom stereocenters. The number of anilines is 1. The van der Waals surface area contributed by atoms with Gasteiger partial charge in [-0.1, -0.05) is 40.0 Å². The summed E-state index contributed by atoms with van der Waals surface area (Å²) in [5.41, 5.74) is 6.27. The third kappa shape index (κ3) is 5.18. The maximum Gasteiger partial charge on any atom is 0.427 e. The molecule has 3 N–H and O–H groups in total. The van der Waals surface area contributed by atoms with Gasteiger partial charge in [0.15, 0.2) is 29.3 Å². The number of nitrogens with zero attached hydrogens (tertiary/aromatic N) is 5. The average Bonchev–Trinajstić information content (AvgIpc) is 3.62. The average molecular weight is 533 g/mol. The van der Waals surface area contributed by atoms with Gasteiger partial charge in [0.2, 0.25) is 0 Å². The molecule has 0 radical (unpaired) electrons. The predicted octanol–water partition coefficient (Wildman–Crippen LogP) is 5.68. The van der Waals surface area contributed by atoms with Crippen LogP contribution in [-0.4, -0.2) is 36.6 Å². The largest absolute Gasteiger partial charge is 0.427 e. The minimum atomic E-state index is -0.641. The number of fused-ring (bicyclic) bond motifs is 1. The molecule has 10 heteroatoms. The fourth-order valence-electron chi connectivity index (χ4n) is 6.24. The van der Waals surface area contributed by atoms with Crippen molar-refractivity contribution in [3.63, 3.8) is 0 Å². The maximum absolute atomic E-state index is 11.8. The Morgan fingerprint density at radius 3 is 2.62 bits per heavy atom. The van der Waals surface area contributed by atoms with Crippen molar-refractivity contribution in [1.29, 1.82) is 0 Å². The van der Waals surface area contributed by atoms with Crippen molar-refractivity contribution >= 4 is 23.1 Å². The SMILES string of the molecule is CCC1CCC(Cn2c(-c3cc(C(C)C)ccn3)nc3nc(C4NOC(=O)N4)nc(N[C@H](C)C4CCC4)c32)C1. The van der Waals surface area contributed by atoms with Crippen molar-refractivity contribution in [3.8, 4) is 11.5 Å². The highest BCUT2D eigenvalue weighted by atomic mass is 16.7. The summed E-state index contributed by atoms with van der Waals surface area (Å²) < 4.78 is 2.31. The number of nitrogens with one attached hydrogen (secondary N) is 3. The normalized spacial score (nSPS) is 24.1. The van der Waals surface area contributed by atoms with Crippen molar-refractivity contribution in [3.05, 3.63) is 29.7 Å². The van der Waals surface area contributed by atoms with Gasteiger partial charge in [0.05, 0.1) is 0 Å². The molecule has 208 valence electrons. The van der Waals surface area contributed by atoms with Crippen molar-refractivity contribution in [2.24, 2.45) is 17.8 Å². The van der Waals surface area contributed by atoms with Crippen LogP contribution in [0.25, 0.3) is 22.7 Å². The molecular formula is C29H40N8O2. The molecule has 1 saturated heterocycles. The van der Waals surface area contributed by atoms with Gasteiger partial charge in [-0.25, -0.2) is 19.7 Å². The molecule has 0 spiro atoms. The van der Waals surface area contributed by atoms with E-state index in [1.54, 1.807) is 0 Å². The first-order valence-electron chi connectivity index (χ1n) is 14.6. The fourth-order valence-corrected chi connectivity index (χ4v) is 6.24. The Kier molecular flexibility index (Phi) is 7.14. The van der Waals surface area contributed by atoms with Crippen LogP contribution in [0, 0.1) is 17.8 Å². The Bertz CT molecular complexity index is 1350. The lowest BCUT2D eigenvalue weighted by molar-refractivity contribution is 0.120. The summed E-state index contributed by atoms with van der Waals surface area (Å²) in [7, 11) is 0. The molecule has 6 rings (SSSR count). The molecule has 10 nitrogen and oxygen atoms in total. The summed E-state index contributed by atoms with van der Waals surface area (Å²) in [5, 5.41) is 6.46. The maximum atomic E-state index is 11.8. The fraction of sp³-hybridized carbons (Fsp3) is 0.621. The summed E-state index contributed by atoms with van der Waals surface area (Å²) in [4.78, 5) is 36.3. The number of carbonyl (C=O) groups excluding carboxylic acids is 1. The second-order valence-corrected chi connectivity index (χ2v) is 11.9. The summed E-state index contributed by atoms with van der Waals surface area (Å²) in [6.45, 7) is 9.77. The molecule has 39 heavy (non-hydrogen) atoms. The van der Waals surface area contributed by atoms with E-state index in [9.17, 15) is 4.79 Å². The van der Waals surface area contributed by atoms with E-state index in [1.807, 2.05) is 6.20 Å². The zero-order chi connectivity index (χ0) is 27.1. The molecule has 0 bridgehead atoms. The zero-order valence-corrected chi connectivity index (χ0v) is 23.4. The second kappa shape index (κ2) is 10.7. The molecule has 1 aliphatic heterocycles. The van der Waals surface area contributed by atoms with Gasteiger partial charge in [0.1, 0.15) is 11.2 Å². The van der Waals surface area contributed by atoms with Crippen LogP contribution in [0.5, 0.6) is 0 Å². The monoisotopic (exact) mass is 532 g/mol. The van der Waals surface area contributed by atoms with Crippen LogP contribution >= 0.6 is 0 Å². The van der Waals surface area contributed by atoms with Crippen LogP contribution in [-0.2, 0) is 11.4 Å². The number of amides is 1. The summed E-state index contributed by atoms with van der Waals surface area (Å²) >= 11 is 0. The third-order valence-corrected chi connectivity index (χ3v) is 8.98. The molecule has 2 saturated carbocycles. The van der Waals surface area contributed by atoms with E-state index >= 15 is 0 Å². The van der Waals surface area contributed by atoms with Crippen LogP contribution in [0.4, 0.5) is 10.6 Å². The van der Waals surface area contributed by atoms with E-state index in [-0.39, 0.29) is 6.04 Å². The molecular weight excluding hydrogens is 492 g/mol. The Hall–Kier alpha value is -3.27. The van der Waals surface area contributed by atoms with Crippen molar-refractivity contribution in [1.82, 2.24) is 35.3 Å². The van der Waals surface area contributed by atoms with E-state index in [1.165, 1.54) is 50.5 Å². The number of hydrogen-bond donors (Lipinski definition) is 3. The van der Waals surface area contributed by atoms with E-state index in [2.05, 4.69) is 60.5 Å². The highest BCUT2D eigenvalue weighted by molar-refractivity contribution is 5.87. The summed E-state index contributed by atoms with van der Waals surface area (Å²) in [5.74, 6) is 4.34. The van der Waals surface area contributed by atoms with Gasteiger partial charge in [-0.05, 0) is 74.0 Å². The minimum absolute atomic E-state index is 0.261. The summed E-state index contributed by atoms with van der Waals surface area (Å²) in [6.07, 6.45) is 9.36. The third-order valence-electron chi connectivity index (χ3n) is 8.98. The Morgan fingerprint density at radius 2 is 1.95 bits per heavy atom. The van der Waals surface area contributed by atoms with Gasteiger partial charge < -0.3 is 14.7 Å². The molecule has 1 amide bonds. The van der Waals surface area contributed by atoms with Gasteiger partial charge in [-0.2, -0.15) is 0 Å². The lowest BCUT2D eigenvalue weighted by atomic mass is 9.80. The van der Waals surface area contributed by atoms with E-state index in [0.717, 1.165) is 35.3 Å². The standard InChI is InChI=1S/C29H40N8O2/c1-5-18-9-10-19(13-18)15-37-23-24(31-17(4)20-7-6-8-20)32-26(27-35-29(38)39-36-27)33-25(23)34-28(37)22-14-21(16(2)3)11-12-30-22/h11-12,14,16-20,27,36H,5-10,13,15H2,1-4H3,(H,35,38)(H,31,32,33)/t17-,18?,19?,27?/m1/s1. The molecule has 4 heterocycles. The number of pyridine rings is 1. The van der Waals surface area contributed by atoms with Gasteiger partial charge in [0, 0.05) is 18.8 Å². The highest BCUT2D eigenvalue weighted by Gasteiger charge is 2.32. The van der Waals surface area contributed by atoms with E-state index in [4.69, 9.17) is 24.8 Å². The van der Waals surface area contributed by atoms with Crippen LogP contribution < -0.4 is 16.1 Å². The van der Waals surface area contributed by atoms with Gasteiger partial charge in [-0.15, -0.1) is 5.48 Å². The Morgan fingerprint density at radius 1 is 1.13 bits per heavy atom. The van der Waals surface area contributed by atoms with Gasteiger partial charge in [0.25, 0.3) is 0 Å². The first-order valence-corrected chi connectivity index (χ1v) is 14.6. The number of hydroxylamine groups is 1. The first kappa shape index (κ1) is 26.0. The first-order chi connectivity index (χ1) is 18.9. The zero-order valence-electron chi connectivity index (χ0n) is 23.4. The van der Waals surface area contributed by atoms with Crippen molar-refractivity contribution < 1.29 is 9.63 Å². The van der Waals surface area contributed by atoms with E-state index in [0.29, 0.717) is 29.2 Å². The van der Waals surface area contributed by atoms with Crippen LogP contribution in [0.15, 0.2) is 18.3 Å². The van der Waals surface area contributed by atoms with Gasteiger partial charge >= 0.3 is 6.09 Å². The highest BCUT2D eigenvalue weighted by Crippen LogP contribution is 2.38. The Balaban J connectivity index is 1.49. The molecule has 3 fully saturated rings. The Labute approximate surface area is 229 Å². The molecule has 2 aliphatic carbocycles. The lowest BCUT2D eigenvalue weighted by Crippen LogP contribution is -2.32. The number of aromatic nitrogens is 5. The second-order valence-electron chi connectivity index (χ2n) is 11.9. The topological polar surface area (TPSA) is 119 Å². The number of hydrogen-bond acceptors (Lipinski definition) is 8. The number of imidazole rings is 1. The molecule has 3 aromatic heterocycles. The smallest absolute Gasteiger partial charge is 0.365 e. The summed E-state index contributed by atoms with van der Waals surface area (Å²) in [6, 6.07) is 4.48. The molecule has 3 unspecified atom stereocenters. The van der Waals surface area contributed by atoms with Crippen LogP contribution in [0.2, 0.25) is 0 Å². The van der Waals surface area contributed by atoms with Crippen molar-refractivity contribution in [2.45, 2.75) is 97.3 Å². The number of rotatable bonds is 9.